The van der Waals surface area contributed by atoms with Crippen LogP contribution in [0.5, 0.6) is 5.75 Å². The van der Waals surface area contributed by atoms with Crippen LogP contribution in [0.25, 0.3) is 0 Å². The molecular weight excluding hydrogens is 246 g/mol. The summed E-state index contributed by atoms with van der Waals surface area (Å²) in [6.07, 6.45) is 0.807. The smallest absolute Gasteiger partial charge is 0.338 e. The molecule has 0 aromatic heterocycles. The van der Waals surface area contributed by atoms with E-state index in [0.29, 0.717) is 6.54 Å². The summed E-state index contributed by atoms with van der Waals surface area (Å²) >= 11 is 0. The van der Waals surface area contributed by atoms with Gasteiger partial charge in [0, 0.05) is 6.54 Å². The van der Waals surface area contributed by atoms with Crippen LogP contribution in [0.3, 0.4) is 0 Å². The summed E-state index contributed by atoms with van der Waals surface area (Å²) in [7, 11) is 2.89. The molecule has 1 aromatic carbocycles. The van der Waals surface area contributed by atoms with E-state index >= 15 is 0 Å². The fourth-order valence-corrected chi connectivity index (χ4v) is 1.65. The minimum atomic E-state index is -1.49. The van der Waals surface area contributed by atoms with Gasteiger partial charge < -0.3 is 19.9 Å². The average molecular weight is 267 g/mol. The number of hydrogen-bond acceptors (Lipinski definition) is 5. The number of carbonyl (C=O) groups excluding carboxylic acids is 1. The van der Waals surface area contributed by atoms with Gasteiger partial charge in [-0.1, -0.05) is 12.1 Å². The Morgan fingerprint density at radius 1 is 1.32 bits per heavy atom. The third kappa shape index (κ3) is 4.89. The Morgan fingerprint density at radius 2 is 1.95 bits per heavy atom. The lowest BCUT2D eigenvalue weighted by Crippen LogP contribution is -2.46. The zero-order valence-corrected chi connectivity index (χ0v) is 11.6. The Labute approximate surface area is 113 Å². The van der Waals surface area contributed by atoms with Gasteiger partial charge >= 0.3 is 5.97 Å². The quantitative estimate of drug-likeness (QED) is 0.563. The predicted octanol–water partition coefficient (Wildman–Crippen LogP) is 0.751. The zero-order valence-electron chi connectivity index (χ0n) is 11.6. The second-order valence-corrected chi connectivity index (χ2v) is 4.54. The molecule has 0 saturated heterocycles. The lowest BCUT2D eigenvalue weighted by atomic mass is 10.1. The average Bonchev–Trinajstić information content (AvgIpc) is 2.43. The van der Waals surface area contributed by atoms with Crippen molar-refractivity contribution in [3.8, 4) is 5.75 Å². The first-order chi connectivity index (χ1) is 8.99. The van der Waals surface area contributed by atoms with Crippen molar-refractivity contribution in [1.82, 2.24) is 5.32 Å². The molecule has 0 spiro atoms. The van der Waals surface area contributed by atoms with E-state index in [1.54, 1.807) is 7.11 Å². The molecule has 0 heterocycles. The molecule has 2 N–H and O–H groups in total. The Balaban J connectivity index is 2.32. The first kappa shape index (κ1) is 15.5. The molecular formula is C14H21NO4. The molecule has 0 aliphatic carbocycles. The van der Waals surface area contributed by atoms with Crippen LogP contribution in [0.15, 0.2) is 24.3 Å². The number of esters is 1. The summed E-state index contributed by atoms with van der Waals surface area (Å²) in [4.78, 5) is 11.2. The van der Waals surface area contributed by atoms with Gasteiger partial charge in [-0.15, -0.1) is 0 Å². The Morgan fingerprint density at radius 3 is 2.47 bits per heavy atom. The summed E-state index contributed by atoms with van der Waals surface area (Å²) in [5, 5.41) is 12.8. The largest absolute Gasteiger partial charge is 0.497 e. The van der Waals surface area contributed by atoms with E-state index < -0.39 is 11.6 Å². The van der Waals surface area contributed by atoms with Gasteiger partial charge in [-0.3, -0.25) is 0 Å². The molecule has 0 radical (unpaired) electrons. The summed E-state index contributed by atoms with van der Waals surface area (Å²) in [5.41, 5.74) is -0.333. The molecule has 5 nitrogen and oxygen atoms in total. The van der Waals surface area contributed by atoms with E-state index in [2.05, 4.69) is 10.1 Å². The molecule has 1 atom stereocenters. The highest BCUT2D eigenvalue weighted by Crippen LogP contribution is 2.11. The van der Waals surface area contributed by atoms with E-state index in [1.165, 1.54) is 14.0 Å². The van der Waals surface area contributed by atoms with Gasteiger partial charge in [0.2, 0.25) is 0 Å². The van der Waals surface area contributed by atoms with Gasteiger partial charge in [0.1, 0.15) is 5.75 Å². The highest BCUT2D eigenvalue weighted by molar-refractivity contribution is 5.78. The molecule has 19 heavy (non-hydrogen) atoms. The van der Waals surface area contributed by atoms with Crippen molar-refractivity contribution in [2.75, 3.05) is 27.3 Å². The van der Waals surface area contributed by atoms with Crippen LogP contribution < -0.4 is 10.1 Å². The standard InChI is InChI=1S/C14H21NO4/c1-14(17,13(16)19-3)10-15-9-8-11-4-6-12(18-2)7-5-11/h4-7,15,17H,8-10H2,1-3H3. The number of rotatable bonds is 7. The van der Waals surface area contributed by atoms with Crippen LogP contribution in [-0.4, -0.2) is 44.0 Å². The molecule has 1 unspecified atom stereocenters. The second kappa shape index (κ2) is 7.11. The van der Waals surface area contributed by atoms with Crippen molar-refractivity contribution >= 4 is 5.97 Å². The molecule has 5 heteroatoms. The Bertz CT molecular complexity index is 400. The van der Waals surface area contributed by atoms with E-state index in [1.807, 2.05) is 24.3 Å². The van der Waals surface area contributed by atoms with Crippen LogP contribution in [-0.2, 0) is 16.0 Å². The van der Waals surface area contributed by atoms with Crippen molar-refractivity contribution in [1.29, 1.82) is 0 Å². The lowest BCUT2D eigenvalue weighted by molar-refractivity contribution is -0.159. The molecule has 0 aliphatic rings. The summed E-state index contributed by atoms with van der Waals surface area (Å²) in [5.74, 6) is 0.190. The monoisotopic (exact) mass is 267 g/mol. The number of ether oxygens (including phenoxy) is 2. The molecule has 1 aromatic rings. The maximum Gasteiger partial charge on any atom is 0.338 e. The number of aliphatic hydroxyl groups is 1. The zero-order chi connectivity index (χ0) is 14.3. The number of nitrogens with one attached hydrogen (secondary N) is 1. The first-order valence-electron chi connectivity index (χ1n) is 6.14. The summed E-state index contributed by atoms with van der Waals surface area (Å²) in [6.45, 7) is 2.26. The SMILES string of the molecule is COC(=O)C(C)(O)CNCCc1ccc(OC)cc1. The maximum atomic E-state index is 11.2. The van der Waals surface area contributed by atoms with Crippen molar-refractivity contribution < 1.29 is 19.4 Å². The van der Waals surface area contributed by atoms with E-state index in [-0.39, 0.29) is 6.54 Å². The van der Waals surface area contributed by atoms with E-state index in [9.17, 15) is 9.90 Å². The number of hydrogen-bond donors (Lipinski definition) is 2. The normalized spacial score (nSPS) is 13.7. The molecule has 0 saturated carbocycles. The van der Waals surface area contributed by atoms with Crippen molar-refractivity contribution in [3.63, 3.8) is 0 Å². The van der Waals surface area contributed by atoms with Gasteiger partial charge in [-0.05, 0) is 37.6 Å². The third-order valence-electron chi connectivity index (χ3n) is 2.84. The van der Waals surface area contributed by atoms with Crippen LogP contribution in [0.1, 0.15) is 12.5 Å². The fourth-order valence-electron chi connectivity index (χ4n) is 1.65. The van der Waals surface area contributed by atoms with Gasteiger partial charge in [0.05, 0.1) is 14.2 Å². The third-order valence-corrected chi connectivity index (χ3v) is 2.84. The van der Waals surface area contributed by atoms with E-state index in [0.717, 1.165) is 17.7 Å². The highest BCUT2D eigenvalue weighted by Gasteiger charge is 2.30. The summed E-state index contributed by atoms with van der Waals surface area (Å²) < 4.78 is 9.59. The van der Waals surface area contributed by atoms with Gasteiger partial charge in [0.15, 0.2) is 5.60 Å². The van der Waals surface area contributed by atoms with Crippen LogP contribution in [0.4, 0.5) is 0 Å². The molecule has 1 rings (SSSR count). The van der Waals surface area contributed by atoms with Gasteiger partial charge in [-0.2, -0.15) is 0 Å². The summed E-state index contributed by atoms with van der Waals surface area (Å²) in [6, 6.07) is 7.78. The van der Waals surface area contributed by atoms with Gasteiger partial charge in [-0.25, -0.2) is 4.79 Å². The fraction of sp³-hybridized carbons (Fsp3) is 0.500. The maximum absolute atomic E-state index is 11.2. The molecule has 0 aliphatic heterocycles. The molecule has 106 valence electrons. The topological polar surface area (TPSA) is 67.8 Å². The second-order valence-electron chi connectivity index (χ2n) is 4.54. The Hall–Kier alpha value is -1.59. The molecule has 0 amide bonds. The number of benzene rings is 1. The first-order valence-corrected chi connectivity index (χ1v) is 6.14. The lowest BCUT2D eigenvalue weighted by Gasteiger charge is -2.20. The minimum absolute atomic E-state index is 0.163. The highest BCUT2D eigenvalue weighted by atomic mass is 16.5. The van der Waals surface area contributed by atoms with Crippen LogP contribution in [0.2, 0.25) is 0 Å². The van der Waals surface area contributed by atoms with Crippen molar-refractivity contribution in [3.05, 3.63) is 29.8 Å². The molecule has 0 bridgehead atoms. The molecule has 0 fully saturated rings. The van der Waals surface area contributed by atoms with Crippen molar-refractivity contribution in [2.45, 2.75) is 18.9 Å². The number of carbonyl (C=O) groups is 1. The van der Waals surface area contributed by atoms with Crippen LogP contribution >= 0.6 is 0 Å². The van der Waals surface area contributed by atoms with Crippen molar-refractivity contribution in [2.24, 2.45) is 0 Å². The van der Waals surface area contributed by atoms with E-state index in [4.69, 9.17) is 4.74 Å². The van der Waals surface area contributed by atoms with Gasteiger partial charge in [0.25, 0.3) is 0 Å². The van der Waals surface area contributed by atoms with Crippen LogP contribution in [0, 0.1) is 0 Å². The number of methoxy groups -OCH3 is 2. The predicted molar refractivity (Wildman–Crippen MR) is 72.2 cm³/mol. The Kier molecular flexibility index (Phi) is 5.79. The minimum Gasteiger partial charge on any atom is -0.497 e.